The number of alkyl halides is 1. The molecule has 0 spiro atoms. The summed E-state index contributed by atoms with van der Waals surface area (Å²) in [5.74, 6) is 0. The summed E-state index contributed by atoms with van der Waals surface area (Å²) in [7, 11) is -3.76. The fraction of sp³-hybridized carbons (Fsp3) is 0.0909. The van der Waals surface area contributed by atoms with Gasteiger partial charge in [-0.3, -0.25) is 4.31 Å². The number of nitrogens with zero attached hydrogens (tertiary/aromatic N) is 1. The lowest BCUT2D eigenvalue weighted by Gasteiger charge is -2.23. The minimum absolute atomic E-state index is 0.174. The first-order chi connectivity index (χ1) is 13.9. The first kappa shape index (κ1) is 22.2. The van der Waals surface area contributed by atoms with E-state index in [4.69, 9.17) is 23.2 Å². The van der Waals surface area contributed by atoms with E-state index in [2.05, 4.69) is 22.6 Å². The Morgan fingerprint density at radius 2 is 1.52 bits per heavy atom. The minimum Gasteiger partial charge on any atom is -0.262 e. The maximum Gasteiger partial charge on any atom is 0.257 e. The van der Waals surface area contributed by atoms with Crippen molar-refractivity contribution < 1.29 is 8.42 Å². The Hall–Kier alpha value is -1.54. The van der Waals surface area contributed by atoms with Crippen LogP contribution in [0, 0.1) is 0 Å². The summed E-state index contributed by atoms with van der Waals surface area (Å²) < 4.78 is 28.7. The summed E-state index contributed by atoms with van der Waals surface area (Å²) in [6.45, 7) is 0.174. The zero-order valence-electron chi connectivity index (χ0n) is 15.3. The summed E-state index contributed by atoms with van der Waals surface area (Å²) in [4.78, 5) is 0. The Labute approximate surface area is 195 Å². The molecular formula is C22H18Cl2INO2S. The largest absolute Gasteiger partial charge is 0.262 e. The quantitative estimate of drug-likeness (QED) is 0.233. The Kier molecular flexibility index (Phi) is 7.62. The molecule has 0 N–H and O–H groups in total. The normalized spacial score (nSPS) is 11.7. The monoisotopic (exact) mass is 557 g/mol. The lowest BCUT2D eigenvalue weighted by atomic mass is 10.2. The van der Waals surface area contributed by atoms with Gasteiger partial charge < -0.3 is 0 Å². The molecule has 0 aliphatic heterocycles. The lowest BCUT2D eigenvalue weighted by molar-refractivity contribution is 0.599. The third-order valence-electron chi connectivity index (χ3n) is 4.16. The molecule has 3 nitrogen and oxygen atoms in total. The van der Waals surface area contributed by atoms with Gasteiger partial charge in [-0.05, 0) is 59.2 Å². The van der Waals surface area contributed by atoms with Gasteiger partial charge in [-0.1, -0.05) is 82.2 Å². The molecule has 3 aromatic rings. The predicted octanol–water partition coefficient (Wildman–Crippen LogP) is 6.94. The van der Waals surface area contributed by atoms with Crippen molar-refractivity contribution >= 4 is 67.6 Å². The van der Waals surface area contributed by atoms with E-state index >= 15 is 0 Å². The molecule has 29 heavy (non-hydrogen) atoms. The van der Waals surface area contributed by atoms with Crippen LogP contribution in [0.2, 0.25) is 10.0 Å². The molecule has 7 heteroatoms. The zero-order chi connectivity index (χ0) is 20.9. The second kappa shape index (κ2) is 9.98. The van der Waals surface area contributed by atoms with E-state index in [1.807, 2.05) is 30.3 Å². The van der Waals surface area contributed by atoms with Gasteiger partial charge in [0, 0.05) is 14.5 Å². The van der Waals surface area contributed by atoms with E-state index in [9.17, 15) is 8.42 Å². The topological polar surface area (TPSA) is 37.4 Å². The van der Waals surface area contributed by atoms with Gasteiger partial charge in [-0.25, -0.2) is 8.42 Å². The average Bonchev–Trinajstić information content (AvgIpc) is 2.71. The first-order valence-corrected chi connectivity index (χ1v) is 12.5. The summed E-state index contributed by atoms with van der Waals surface area (Å²) in [5.41, 5.74) is 3.17. The van der Waals surface area contributed by atoms with Gasteiger partial charge in [-0.15, -0.1) is 0 Å². The molecule has 0 aromatic heterocycles. The molecule has 0 aliphatic carbocycles. The van der Waals surface area contributed by atoms with E-state index in [0.29, 0.717) is 21.3 Å². The molecule has 0 heterocycles. The van der Waals surface area contributed by atoms with Gasteiger partial charge >= 0.3 is 0 Å². The smallest absolute Gasteiger partial charge is 0.257 e. The molecule has 0 saturated heterocycles. The fourth-order valence-corrected chi connectivity index (χ4v) is 4.87. The maximum atomic E-state index is 13.2. The summed E-state index contributed by atoms with van der Waals surface area (Å²) in [5, 5.41) is 2.32. The number of benzene rings is 3. The SMILES string of the molecule is O=S(=O)(/C=C/c1cccc(Cl)c1)N(Cc1cccc(Cl)c1)c1cccc(CI)c1. The average molecular weight is 558 g/mol. The van der Waals surface area contributed by atoms with Crippen LogP contribution in [0.25, 0.3) is 6.08 Å². The van der Waals surface area contributed by atoms with E-state index < -0.39 is 10.0 Å². The van der Waals surface area contributed by atoms with Gasteiger partial charge in [0.05, 0.1) is 17.6 Å². The molecule has 0 aliphatic rings. The highest BCUT2D eigenvalue weighted by Crippen LogP contribution is 2.26. The molecule has 0 radical (unpaired) electrons. The summed E-state index contributed by atoms with van der Waals surface area (Å²) in [6.07, 6.45) is 1.55. The molecule has 0 fully saturated rings. The number of sulfonamides is 1. The Balaban J connectivity index is 2.00. The standard InChI is InChI=1S/C22H18Cl2INO2S/c23-20-7-1-4-17(12-20)10-11-29(27,28)26(16-19-6-2-8-21(24)13-19)22-9-3-5-18(14-22)15-25/h1-14H,15-16H2/b11-10+. The van der Waals surface area contributed by atoms with Crippen LogP contribution < -0.4 is 4.31 Å². The minimum atomic E-state index is -3.76. The Morgan fingerprint density at radius 1 is 0.862 bits per heavy atom. The van der Waals surface area contributed by atoms with Gasteiger partial charge in [0.15, 0.2) is 0 Å². The number of hydrogen-bond donors (Lipinski definition) is 0. The van der Waals surface area contributed by atoms with Gasteiger partial charge in [0.25, 0.3) is 10.0 Å². The number of halogens is 3. The fourth-order valence-electron chi connectivity index (χ4n) is 2.77. The highest BCUT2D eigenvalue weighted by molar-refractivity contribution is 14.1. The van der Waals surface area contributed by atoms with Crippen LogP contribution in [-0.2, 0) is 21.0 Å². The van der Waals surface area contributed by atoms with Crippen molar-refractivity contribution in [3.8, 4) is 0 Å². The lowest BCUT2D eigenvalue weighted by Crippen LogP contribution is -2.28. The second-order valence-electron chi connectivity index (χ2n) is 6.34. The van der Waals surface area contributed by atoms with Gasteiger partial charge in [0.1, 0.15) is 0 Å². The third-order valence-corrected chi connectivity index (χ3v) is 6.94. The van der Waals surface area contributed by atoms with Gasteiger partial charge in [-0.2, -0.15) is 0 Å². The van der Waals surface area contributed by atoms with E-state index in [1.165, 1.54) is 9.71 Å². The molecule has 150 valence electrons. The van der Waals surface area contributed by atoms with Crippen molar-refractivity contribution in [2.45, 2.75) is 11.0 Å². The zero-order valence-corrected chi connectivity index (χ0v) is 19.8. The van der Waals surface area contributed by atoms with E-state index in [0.717, 1.165) is 15.6 Å². The predicted molar refractivity (Wildman–Crippen MR) is 131 cm³/mol. The first-order valence-electron chi connectivity index (χ1n) is 8.73. The number of anilines is 1. The van der Waals surface area contributed by atoms with Crippen LogP contribution in [-0.4, -0.2) is 8.42 Å². The van der Waals surface area contributed by atoms with Crippen LogP contribution >= 0.6 is 45.8 Å². The molecule has 0 unspecified atom stereocenters. The van der Waals surface area contributed by atoms with Crippen molar-refractivity contribution in [2.24, 2.45) is 0 Å². The molecule has 0 saturated carbocycles. The summed E-state index contributed by atoms with van der Waals surface area (Å²) in [6, 6.07) is 21.8. The number of rotatable bonds is 7. The van der Waals surface area contributed by atoms with Crippen molar-refractivity contribution in [1.29, 1.82) is 0 Å². The van der Waals surface area contributed by atoms with Crippen molar-refractivity contribution in [2.75, 3.05) is 4.31 Å². The molecule has 0 bridgehead atoms. The third kappa shape index (κ3) is 6.22. The van der Waals surface area contributed by atoms with Crippen LogP contribution in [0.15, 0.2) is 78.2 Å². The Morgan fingerprint density at radius 3 is 2.21 bits per heavy atom. The number of hydrogen-bond acceptors (Lipinski definition) is 2. The van der Waals surface area contributed by atoms with Crippen LogP contribution in [0.3, 0.4) is 0 Å². The van der Waals surface area contributed by atoms with Crippen molar-refractivity contribution in [1.82, 2.24) is 0 Å². The molecule has 0 amide bonds. The van der Waals surface area contributed by atoms with Crippen LogP contribution in [0.5, 0.6) is 0 Å². The van der Waals surface area contributed by atoms with Crippen molar-refractivity contribution in [3.63, 3.8) is 0 Å². The Bertz CT molecular complexity index is 1130. The molecular weight excluding hydrogens is 540 g/mol. The van der Waals surface area contributed by atoms with E-state index in [1.54, 1.807) is 48.5 Å². The van der Waals surface area contributed by atoms with Gasteiger partial charge in [0.2, 0.25) is 0 Å². The van der Waals surface area contributed by atoms with Crippen molar-refractivity contribution in [3.05, 3.63) is 105 Å². The molecule has 3 rings (SSSR count). The van der Waals surface area contributed by atoms with E-state index in [-0.39, 0.29) is 6.54 Å². The highest BCUT2D eigenvalue weighted by Gasteiger charge is 2.21. The van der Waals surface area contributed by atoms with Crippen LogP contribution in [0.4, 0.5) is 5.69 Å². The molecule has 0 atom stereocenters. The second-order valence-corrected chi connectivity index (χ2v) is 9.72. The maximum absolute atomic E-state index is 13.2. The highest BCUT2D eigenvalue weighted by atomic mass is 127. The molecule has 3 aromatic carbocycles. The summed E-state index contributed by atoms with van der Waals surface area (Å²) >= 11 is 14.4. The van der Waals surface area contributed by atoms with Crippen LogP contribution in [0.1, 0.15) is 16.7 Å².